The summed E-state index contributed by atoms with van der Waals surface area (Å²) < 4.78 is 0. The predicted octanol–water partition coefficient (Wildman–Crippen LogP) is 3.01. The number of nitrogens with zero attached hydrogens (tertiary/aromatic N) is 2. The molecule has 1 aromatic heterocycles. The fraction of sp³-hybridized carbons (Fsp3) is 0.455. The Balaban J connectivity index is 2.94. The molecule has 0 saturated heterocycles. The number of halogens is 1. The van der Waals surface area contributed by atoms with E-state index in [-0.39, 0.29) is 6.54 Å². The highest BCUT2D eigenvalue weighted by Crippen LogP contribution is 2.20. The van der Waals surface area contributed by atoms with Crippen LogP contribution in [-0.2, 0) is 6.54 Å². The average Bonchev–Trinajstić information content (AvgIpc) is 2.14. The third kappa shape index (κ3) is 3.10. The van der Waals surface area contributed by atoms with E-state index in [1.54, 1.807) is 18.3 Å². The van der Waals surface area contributed by atoms with Crippen LogP contribution in [0.3, 0.4) is 0 Å². The van der Waals surface area contributed by atoms with Crippen molar-refractivity contribution >= 4 is 17.7 Å². The fourth-order valence-corrected chi connectivity index (χ4v) is 1.48. The van der Waals surface area contributed by atoms with E-state index in [2.05, 4.69) is 4.98 Å². The summed E-state index contributed by atoms with van der Waals surface area (Å²) in [6.07, 6.45) is 0.612. The van der Waals surface area contributed by atoms with E-state index < -0.39 is 11.6 Å². The maximum absolute atomic E-state index is 11.1. The summed E-state index contributed by atoms with van der Waals surface area (Å²) in [5, 5.41) is 9.47. The maximum Gasteiger partial charge on any atom is 0.408 e. The number of carbonyl (C=O) groups is 1. The van der Waals surface area contributed by atoms with Crippen LogP contribution < -0.4 is 0 Å². The van der Waals surface area contributed by atoms with Gasteiger partial charge < -0.3 is 5.11 Å². The van der Waals surface area contributed by atoms with Crippen LogP contribution in [0.4, 0.5) is 4.79 Å². The molecule has 0 fully saturated rings. The van der Waals surface area contributed by atoms with E-state index in [9.17, 15) is 4.79 Å². The molecule has 0 bridgehead atoms. The molecule has 0 unspecified atom stereocenters. The lowest BCUT2D eigenvalue weighted by Crippen LogP contribution is -2.44. The first-order valence-corrected chi connectivity index (χ1v) is 5.30. The summed E-state index contributed by atoms with van der Waals surface area (Å²) in [5.74, 6) is 0. The molecule has 16 heavy (non-hydrogen) atoms. The van der Waals surface area contributed by atoms with Crippen LogP contribution in [-0.4, -0.2) is 26.6 Å². The van der Waals surface area contributed by atoms with Crippen LogP contribution >= 0.6 is 11.6 Å². The molecule has 1 heterocycles. The van der Waals surface area contributed by atoms with Gasteiger partial charge in [-0.15, -0.1) is 0 Å². The number of pyridine rings is 1. The van der Waals surface area contributed by atoms with Crippen molar-refractivity contribution in [3.8, 4) is 0 Å². The van der Waals surface area contributed by atoms with Gasteiger partial charge in [-0.3, -0.25) is 4.90 Å². The molecule has 0 spiro atoms. The van der Waals surface area contributed by atoms with Crippen molar-refractivity contribution in [2.75, 3.05) is 0 Å². The van der Waals surface area contributed by atoms with Crippen molar-refractivity contribution in [3.63, 3.8) is 0 Å². The number of aromatic nitrogens is 1. The van der Waals surface area contributed by atoms with Gasteiger partial charge in [0.2, 0.25) is 0 Å². The zero-order valence-electron chi connectivity index (χ0n) is 9.57. The molecule has 1 amide bonds. The van der Waals surface area contributed by atoms with Crippen molar-refractivity contribution in [2.24, 2.45) is 0 Å². The zero-order valence-corrected chi connectivity index (χ0v) is 10.3. The lowest BCUT2D eigenvalue weighted by molar-refractivity contribution is 0.0955. The van der Waals surface area contributed by atoms with Crippen LogP contribution in [0, 0.1) is 0 Å². The normalized spacial score (nSPS) is 11.2. The molecule has 0 aliphatic rings. The molecule has 0 aliphatic heterocycles. The lowest BCUT2D eigenvalue weighted by Gasteiger charge is -2.33. The largest absolute Gasteiger partial charge is 0.465 e. The van der Waals surface area contributed by atoms with E-state index in [4.69, 9.17) is 16.7 Å². The minimum Gasteiger partial charge on any atom is -0.465 e. The van der Waals surface area contributed by atoms with Gasteiger partial charge in [0.25, 0.3) is 0 Å². The predicted molar refractivity (Wildman–Crippen MR) is 62.6 cm³/mol. The van der Waals surface area contributed by atoms with Gasteiger partial charge in [-0.1, -0.05) is 17.7 Å². The number of rotatable bonds is 2. The van der Waals surface area contributed by atoms with Crippen molar-refractivity contribution in [2.45, 2.75) is 32.9 Å². The van der Waals surface area contributed by atoms with Crippen LogP contribution in [0.25, 0.3) is 0 Å². The highest BCUT2D eigenvalue weighted by Gasteiger charge is 2.26. The number of amides is 1. The topological polar surface area (TPSA) is 53.4 Å². The Bertz CT molecular complexity index is 388. The summed E-state index contributed by atoms with van der Waals surface area (Å²) in [7, 11) is 0. The molecular weight excluding hydrogens is 228 g/mol. The van der Waals surface area contributed by atoms with E-state index in [0.29, 0.717) is 10.7 Å². The summed E-state index contributed by atoms with van der Waals surface area (Å²) in [6, 6.07) is 3.51. The SMILES string of the molecule is CC(C)(C)N(Cc1cccnc1Cl)C(=O)O. The second-order valence-electron chi connectivity index (χ2n) is 4.49. The maximum atomic E-state index is 11.1. The van der Waals surface area contributed by atoms with Gasteiger partial charge in [-0.05, 0) is 26.8 Å². The van der Waals surface area contributed by atoms with Crippen molar-refractivity contribution in [3.05, 3.63) is 29.0 Å². The highest BCUT2D eigenvalue weighted by molar-refractivity contribution is 6.30. The van der Waals surface area contributed by atoms with Crippen LogP contribution in [0.1, 0.15) is 26.3 Å². The molecule has 88 valence electrons. The monoisotopic (exact) mass is 242 g/mol. The third-order valence-electron chi connectivity index (χ3n) is 2.21. The van der Waals surface area contributed by atoms with Gasteiger partial charge in [0, 0.05) is 17.3 Å². The van der Waals surface area contributed by atoms with Gasteiger partial charge in [0.15, 0.2) is 0 Å². The molecule has 1 N–H and O–H groups in total. The van der Waals surface area contributed by atoms with Gasteiger partial charge in [-0.2, -0.15) is 0 Å². The van der Waals surface area contributed by atoms with Crippen LogP contribution in [0.2, 0.25) is 5.15 Å². The summed E-state index contributed by atoms with van der Waals surface area (Å²) in [5.41, 5.74) is 0.242. The van der Waals surface area contributed by atoms with E-state index in [1.165, 1.54) is 4.90 Å². The Morgan fingerprint density at radius 1 is 1.56 bits per heavy atom. The molecule has 4 nitrogen and oxygen atoms in total. The molecule has 0 aliphatic carbocycles. The Labute approximate surface area is 99.9 Å². The highest BCUT2D eigenvalue weighted by atomic mass is 35.5. The summed E-state index contributed by atoms with van der Waals surface area (Å²) in [6.45, 7) is 5.76. The van der Waals surface area contributed by atoms with Gasteiger partial charge in [0.1, 0.15) is 5.15 Å². The first-order chi connectivity index (χ1) is 7.32. The van der Waals surface area contributed by atoms with Crippen LogP contribution in [0.5, 0.6) is 0 Å². The first kappa shape index (κ1) is 12.8. The van der Waals surface area contributed by atoms with E-state index in [1.807, 2.05) is 20.8 Å². The molecule has 0 aromatic carbocycles. The van der Waals surface area contributed by atoms with Crippen molar-refractivity contribution in [1.29, 1.82) is 0 Å². The van der Waals surface area contributed by atoms with E-state index >= 15 is 0 Å². The zero-order chi connectivity index (χ0) is 12.3. The minimum absolute atomic E-state index is 0.242. The third-order valence-corrected chi connectivity index (χ3v) is 2.55. The van der Waals surface area contributed by atoms with Gasteiger partial charge >= 0.3 is 6.09 Å². The quantitative estimate of drug-likeness (QED) is 0.811. The van der Waals surface area contributed by atoms with E-state index in [0.717, 1.165) is 0 Å². The minimum atomic E-state index is -0.965. The average molecular weight is 243 g/mol. The molecule has 5 heteroatoms. The standard InChI is InChI=1S/C11H15ClN2O2/c1-11(2,3)14(10(15)16)7-8-5-4-6-13-9(8)12/h4-6H,7H2,1-3H3,(H,15,16). The molecule has 1 rings (SSSR count). The molecule has 0 saturated carbocycles. The molecule has 0 radical (unpaired) electrons. The molecule has 1 aromatic rings. The van der Waals surface area contributed by atoms with Gasteiger partial charge in [0.05, 0.1) is 6.54 Å². The number of carboxylic acid groups (broad SMARTS) is 1. The Kier molecular flexibility index (Phi) is 3.75. The second-order valence-corrected chi connectivity index (χ2v) is 4.85. The van der Waals surface area contributed by atoms with Gasteiger partial charge in [-0.25, -0.2) is 9.78 Å². The number of hydrogen-bond donors (Lipinski definition) is 1. The molecule has 0 atom stereocenters. The van der Waals surface area contributed by atoms with Crippen molar-refractivity contribution in [1.82, 2.24) is 9.88 Å². The smallest absolute Gasteiger partial charge is 0.408 e. The Morgan fingerprint density at radius 3 is 2.62 bits per heavy atom. The Hall–Kier alpha value is -1.29. The van der Waals surface area contributed by atoms with Crippen LogP contribution in [0.15, 0.2) is 18.3 Å². The summed E-state index contributed by atoms with van der Waals surface area (Å²) in [4.78, 5) is 16.4. The second kappa shape index (κ2) is 4.70. The van der Waals surface area contributed by atoms with Crippen molar-refractivity contribution < 1.29 is 9.90 Å². The number of hydrogen-bond acceptors (Lipinski definition) is 2. The summed E-state index contributed by atoms with van der Waals surface area (Å²) >= 11 is 5.89. The Morgan fingerprint density at radius 2 is 2.19 bits per heavy atom. The first-order valence-electron chi connectivity index (χ1n) is 4.92. The molecular formula is C11H15ClN2O2. The lowest BCUT2D eigenvalue weighted by atomic mass is 10.1. The fourth-order valence-electron chi connectivity index (χ4n) is 1.30.